The highest BCUT2D eigenvalue weighted by molar-refractivity contribution is 7.88. The second kappa shape index (κ2) is 8.99. The molecule has 1 N–H and O–H groups in total. The van der Waals surface area contributed by atoms with Crippen molar-refractivity contribution in [2.75, 3.05) is 18.5 Å². The monoisotopic (exact) mass is 478 g/mol. The number of rotatable bonds is 8. The Hall–Kier alpha value is -3.03. The SMILES string of the molecule is O=C1C(=CNn2nccn2)C(=O)N(CCc2cccs2)S(=O)(=O)N1CCc1cccs1. The molecule has 0 atom stereocenters. The Morgan fingerprint density at radius 1 is 0.903 bits per heavy atom. The zero-order chi connectivity index (χ0) is 21.8. The van der Waals surface area contributed by atoms with Crippen LogP contribution in [-0.4, -0.2) is 57.0 Å². The summed E-state index contributed by atoms with van der Waals surface area (Å²) in [5.41, 5.74) is 2.31. The van der Waals surface area contributed by atoms with Crippen molar-refractivity contribution in [1.82, 2.24) is 23.7 Å². The molecule has 0 unspecified atom stereocenters. The average molecular weight is 479 g/mol. The number of thiophene rings is 2. The molecule has 0 aliphatic carbocycles. The van der Waals surface area contributed by atoms with Gasteiger partial charge >= 0.3 is 10.2 Å². The van der Waals surface area contributed by atoms with E-state index in [2.05, 4.69) is 15.6 Å². The number of carbonyl (C=O) groups is 2. The third-order valence-corrected chi connectivity index (χ3v) is 8.18. The predicted octanol–water partition coefficient (Wildman–Crippen LogP) is 1.23. The minimum Gasteiger partial charge on any atom is -0.268 e. The first-order chi connectivity index (χ1) is 15.0. The first-order valence-corrected chi connectivity index (χ1v) is 12.4. The van der Waals surface area contributed by atoms with Crippen molar-refractivity contribution in [3.63, 3.8) is 0 Å². The second-order valence-corrected chi connectivity index (χ2v) is 10.3. The number of amides is 2. The lowest BCUT2D eigenvalue weighted by Gasteiger charge is -2.35. The lowest BCUT2D eigenvalue weighted by Crippen LogP contribution is -2.57. The zero-order valence-corrected chi connectivity index (χ0v) is 18.6. The van der Waals surface area contributed by atoms with E-state index in [9.17, 15) is 18.0 Å². The molecule has 1 aliphatic heterocycles. The van der Waals surface area contributed by atoms with Crippen LogP contribution in [0.15, 0.2) is 59.2 Å². The highest BCUT2D eigenvalue weighted by Gasteiger charge is 2.46. The summed E-state index contributed by atoms with van der Waals surface area (Å²) in [5, 5.41) is 11.4. The van der Waals surface area contributed by atoms with E-state index < -0.39 is 22.0 Å². The third kappa shape index (κ3) is 4.52. The lowest BCUT2D eigenvalue weighted by atomic mass is 10.2. The fraction of sp³-hybridized carbons (Fsp3) is 0.222. The number of hydrogen-bond acceptors (Lipinski definition) is 9. The molecule has 4 rings (SSSR count). The van der Waals surface area contributed by atoms with Gasteiger partial charge in [0, 0.05) is 41.9 Å². The van der Waals surface area contributed by atoms with Gasteiger partial charge in [-0.15, -0.1) is 32.9 Å². The van der Waals surface area contributed by atoms with E-state index in [0.717, 1.165) is 29.5 Å². The standard InChI is InChI=1S/C18H18N6O4S3/c25-17-16(13-21-24-19-7-8-20-24)18(26)23(10-6-15-4-2-12-30-15)31(27,28)22(17)9-5-14-3-1-11-29-14/h1-4,7-8,11-13,21H,5-6,9-10H2. The van der Waals surface area contributed by atoms with Gasteiger partial charge in [0.05, 0.1) is 12.4 Å². The van der Waals surface area contributed by atoms with Crippen molar-refractivity contribution in [1.29, 1.82) is 0 Å². The molecule has 0 saturated carbocycles. The summed E-state index contributed by atoms with van der Waals surface area (Å²) in [6, 6.07) is 7.45. The van der Waals surface area contributed by atoms with Gasteiger partial charge < -0.3 is 0 Å². The van der Waals surface area contributed by atoms with Crippen molar-refractivity contribution in [3.8, 4) is 0 Å². The van der Waals surface area contributed by atoms with Gasteiger partial charge in [-0.1, -0.05) is 17.0 Å². The maximum atomic E-state index is 13.2. The molecule has 4 heterocycles. The molecule has 1 saturated heterocycles. The molecule has 1 fully saturated rings. The maximum Gasteiger partial charge on any atom is 0.331 e. The van der Waals surface area contributed by atoms with Crippen LogP contribution in [0.4, 0.5) is 0 Å². The largest absolute Gasteiger partial charge is 0.331 e. The number of carbonyl (C=O) groups excluding carboxylic acids is 2. The van der Waals surface area contributed by atoms with E-state index in [1.165, 1.54) is 35.1 Å². The fourth-order valence-corrected chi connectivity index (χ4v) is 5.88. The van der Waals surface area contributed by atoms with Crippen molar-refractivity contribution in [2.24, 2.45) is 0 Å². The van der Waals surface area contributed by atoms with E-state index in [1.807, 2.05) is 35.0 Å². The van der Waals surface area contributed by atoms with Gasteiger partial charge in [-0.25, -0.2) is 8.61 Å². The van der Waals surface area contributed by atoms with Gasteiger partial charge in [0.25, 0.3) is 11.8 Å². The van der Waals surface area contributed by atoms with Crippen molar-refractivity contribution >= 4 is 44.7 Å². The smallest absolute Gasteiger partial charge is 0.268 e. The molecule has 3 aromatic heterocycles. The number of aromatic nitrogens is 3. The Morgan fingerprint density at radius 3 is 1.87 bits per heavy atom. The quantitative estimate of drug-likeness (QED) is 0.382. The number of nitrogens with one attached hydrogen (secondary N) is 1. The minimum absolute atomic E-state index is 0.0676. The van der Waals surface area contributed by atoms with Crippen LogP contribution in [0.3, 0.4) is 0 Å². The van der Waals surface area contributed by atoms with Gasteiger partial charge in [0.1, 0.15) is 5.57 Å². The molecule has 3 aromatic rings. The van der Waals surface area contributed by atoms with Gasteiger partial charge in [-0.05, 0) is 22.9 Å². The zero-order valence-electron chi connectivity index (χ0n) is 16.1. The second-order valence-electron chi connectivity index (χ2n) is 6.43. The molecule has 162 valence electrons. The van der Waals surface area contributed by atoms with Crippen LogP contribution in [0.1, 0.15) is 9.75 Å². The topological polar surface area (TPSA) is 117 Å². The van der Waals surface area contributed by atoms with Crippen molar-refractivity contribution in [3.05, 3.63) is 68.9 Å². The van der Waals surface area contributed by atoms with Crippen molar-refractivity contribution in [2.45, 2.75) is 12.8 Å². The Morgan fingerprint density at radius 2 is 1.42 bits per heavy atom. The first kappa shape index (κ1) is 21.2. The summed E-state index contributed by atoms with van der Waals surface area (Å²) >= 11 is 2.95. The summed E-state index contributed by atoms with van der Waals surface area (Å²) in [7, 11) is -4.30. The van der Waals surface area contributed by atoms with Crippen LogP contribution < -0.4 is 5.43 Å². The number of hydrogen-bond donors (Lipinski definition) is 1. The summed E-state index contributed by atoms with van der Waals surface area (Å²) in [5.74, 6) is -1.76. The van der Waals surface area contributed by atoms with Gasteiger partial charge in [-0.2, -0.15) is 8.42 Å². The Kier molecular flexibility index (Phi) is 6.15. The van der Waals surface area contributed by atoms with Crippen LogP contribution in [-0.2, 0) is 32.6 Å². The Labute approximate surface area is 186 Å². The molecule has 13 heteroatoms. The fourth-order valence-electron chi connectivity index (χ4n) is 2.98. The van der Waals surface area contributed by atoms with Crippen molar-refractivity contribution < 1.29 is 18.0 Å². The minimum atomic E-state index is -4.30. The number of nitrogens with zero attached hydrogens (tertiary/aromatic N) is 5. The maximum absolute atomic E-state index is 13.2. The van der Waals surface area contributed by atoms with Crippen LogP contribution >= 0.6 is 22.7 Å². The molecular weight excluding hydrogens is 460 g/mol. The highest BCUT2D eigenvalue weighted by Crippen LogP contribution is 2.24. The molecule has 31 heavy (non-hydrogen) atoms. The average Bonchev–Trinajstić information content (AvgIpc) is 3.51. The van der Waals surface area contributed by atoms with Crippen LogP contribution in [0.2, 0.25) is 0 Å². The molecule has 1 aliphatic rings. The molecule has 0 spiro atoms. The lowest BCUT2D eigenvalue weighted by molar-refractivity contribution is -0.131. The van der Waals surface area contributed by atoms with E-state index in [-0.39, 0.29) is 18.7 Å². The van der Waals surface area contributed by atoms with Gasteiger partial charge in [-0.3, -0.25) is 15.0 Å². The van der Waals surface area contributed by atoms with Gasteiger partial charge in [0.15, 0.2) is 0 Å². The molecule has 10 nitrogen and oxygen atoms in total. The molecule has 0 radical (unpaired) electrons. The normalized spacial score (nSPS) is 16.1. The highest BCUT2D eigenvalue weighted by atomic mass is 32.2. The summed E-state index contributed by atoms with van der Waals surface area (Å²) in [4.78, 5) is 28.9. The van der Waals surface area contributed by atoms with Crippen LogP contribution in [0, 0.1) is 0 Å². The predicted molar refractivity (Wildman–Crippen MR) is 116 cm³/mol. The van der Waals surface area contributed by atoms with Crippen LogP contribution in [0.25, 0.3) is 0 Å². The molecule has 0 aromatic carbocycles. The third-order valence-electron chi connectivity index (χ3n) is 4.50. The van der Waals surface area contributed by atoms with E-state index in [0.29, 0.717) is 12.8 Å². The summed E-state index contributed by atoms with van der Waals surface area (Å²) < 4.78 is 27.9. The van der Waals surface area contributed by atoms with Crippen LogP contribution in [0.5, 0.6) is 0 Å². The first-order valence-electron chi connectivity index (χ1n) is 9.23. The van der Waals surface area contributed by atoms with E-state index >= 15 is 0 Å². The molecular formula is C18H18N6O4S3. The summed E-state index contributed by atoms with van der Waals surface area (Å²) in [6.45, 7) is -0.135. The van der Waals surface area contributed by atoms with E-state index in [1.54, 1.807) is 0 Å². The van der Waals surface area contributed by atoms with E-state index in [4.69, 9.17) is 0 Å². The Bertz CT molecular complexity index is 1100. The summed E-state index contributed by atoms with van der Waals surface area (Å²) in [6.07, 6.45) is 4.69. The van der Waals surface area contributed by atoms with Gasteiger partial charge in [0.2, 0.25) is 0 Å². The molecule has 0 bridgehead atoms. The molecule has 2 amide bonds. The Balaban J connectivity index is 1.62.